The molecule has 6 heteroatoms. The molecule has 1 aliphatic heterocycles. The number of nitrogens with one attached hydrogen (secondary N) is 1. The maximum atomic E-state index is 13.0. The van der Waals surface area contributed by atoms with Crippen molar-refractivity contribution in [1.82, 2.24) is 4.31 Å². The van der Waals surface area contributed by atoms with Gasteiger partial charge in [-0.1, -0.05) is 44.2 Å². The maximum Gasteiger partial charge on any atom is 0.243 e. The summed E-state index contributed by atoms with van der Waals surface area (Å²) < 4.78 is 27.4. The molecule has 5 nitrogen and oxygen atoms in total. The lowest BCUT2D eigenvalue weighted by Crippen LogP contribution is -2.46. The molecule has 1 heterocycles. The Morgan fingerprint density at radius 1 is 1.07 bits per heavy atom. The first-order chi connectivity index (χ1) is 13.3. The number of piperidine rings is 1. The molecule has 1 aliphatic rings. The predicted octanol–water partition coefficient (Wildman–Crippen LogP) is 3.99. The van der Waals surface area contributed by atoms with Gasteiger partial charge in [-0.05, 0) is 55.5 Å². The van der Waals surface area contributed by atoms with E-state index in [1.54, 1.807) is 25.1 Å². The molecule has 0 spiro atoms. The van der Waals surface area contributed by atoms with Crippen LogP contribution in [0.4, 0.5) is 5.69 Å². The molecular formula is C22H28N2O3S. The van der Waals surface area contributed by atoms with Crippen molar-refractivity contribution in [3.8, 4) is 0 Å². The Kier molecular flexibility index (Phi) is 5.91. The molecule has 150 valence electrons. The molecule has 2 aromatic rings. The van der Waals surface area contributed by atoms with Crippen LogP contribution in [0.2, 0.25) is 0 Å². The maximum absolute atomic E-state index is 13.0. The van der Waals surface area contributed by atoms with Gasteiger partial charge in [0, 0.05) is 24.2 Å². The van der Waals surface area contributed by atoms with Gasteiger partial charge >= 0.3 is 0 Å². The first-order valence-corrected chi connectivity index (χ1v) is 11.2. The summed E-state index contributed by atoms with van der Waals surface area (Å²) in [5, 5.41) is 2.99. The zero-order valence-corrected chi connectivity index (χ0v) is 17.6. The normalized spacial score (nSPS) is 17.2. The molecule has 1 fully saturated rings. The number of sulfonamides is 1. The zero-order chi connectivity index (χ0) is 20.4. The van der Waals surface area contributed by atoms with Crippen LogP contribution in [-0.4, -0.2) is 31.7 Å². The summed E-state index contributed by atoms with van der Waals surface area (Å²) in [6, 6.07) is 14.9. The van der Waals surface area contributed by atoms with Crippen LogP contribution in [0.15, 0.2) is 53.4 Å². The Morgan fingerprint density at radius 3 is 2.25 bits per heavy atom. The molecule has 1 amide bonds. The second-order valence-electron chi connectivity index (χ2n) is 7.73. The fourth-order valence-corrected chi connectivity index (χ4v) is 5.20. The van der Waals surface area contributed by atoms with Gasteiger partial charge in [0.2, 0.25) is 15.9 Å². The van der Waals surface area contributed by atoms with Crippen LogP contribution in [0.3, 0.4) is 0 Å². The smallest absolute Gasteiger partial charge is 0.243 e. The molecule has 28 heavy (non-hydrogen) atoms. The van der Waals surface area contributed by atoms with Crippen molar-refractivity contribution >= 4 is 21.6 Å². The summed E-state index contributed by atoms with van der Waals surface area (Å²) in [5.74, 6) is -0.0512. The van der Waals surface area contributed by atoms with Crippen molar-refractivity contribution in [2.24, 2.45) is 5.41 Å². The van der Waals surface area contributed by atoms with E-state index in [1.165, 1.54) is 9.87 Å². The summed E-state index contributed by atoms with van der Waals surface area (Å²) in [5.41, 5.74) is 2.16. The Hall–Kier alpha value is -2.18. The monoisotopic (exact) mass is 400 g/mol. The average Bonchev–Trinajstić information content (AvgIpc) is 2.69. The lowest BCUT2D eigenvalue weighted by Gasteiger charge is -2.37. The van der Waals surface area contributed by atoms with Crippen LogP contribution < -0.4 is 5.32 Å². The summed E-state index contributed by atoms with van der Waals surface area (Å²) in [4.78, 5) is 13.2. The Morgan fingerprint density at radius 2 is 1.68 bits per heavy atom. The minimum absolute atomic E-state index is 0.0512. The summed E-state index contributed by atoms with van der Waals surface area (Å²) >= 11 is 0. The molecule has 0 bridgehead atoms. The van der Waals surface area contributed by atoms with Gasteiger partial charge in [-0.25, -0.2) is 8.42 Å². The Balaban J connectivity index is 1.67. The molecule has 0 aromatic heterocycles. The van der Waals surface area contributed by atoms with E-state index in [0.29, 0.717) is 30.8 Å². The summed E-state index contributed by atoms with van der Waals surface area (Å²) in [7, 11) is -3.53. The van der Waals surface area contributed by atoms with Gasteiger partial charge in [-0.3, -0.25) is 4.79 Å². The van der Waals surface area contributed by atoms with Crippen LogP contribution >= 0.6 is 0 Å². The Labute approximate surface area is 167 Å². The first kappa shape index (κ1) is 20.6. The quantitative estimate of drug-likeness (QED) is 0.825. The third kappa shape index (κ3) is 4.13. The minimum Gasteiger partial charge on any atom is -0.326 e. The molecule has 0 radical (unpaired) electrons. The van der Waals surface area contributed by atoms with Crippen LogP contribution in [-0.2, 0) is 21.2 Å². The van der Waals surface area contributed by atoms with E-state index in [0.717, 1.165) is 17.7 Å². The van der Waals surface area contributed by atoms with Crippen molar-refractivity contribution in [2.75, 3.05) is 18.4 Å². The number of nitrogens with zero attached hydrogens (tertiary/aromatic N) is 1. The third-order valence-electron chi connectivity index (χ3n) is 5.71. The van der Waals surface area contributed by atoms with E-state index in [2.05, 4.69) is 12.2 Å². The second kappa shape index (κ2) is 8.05. The van der Waals surface area contributed by atoms with E-state index < -0.39 is 15.4 Å². The number of rotatable bonds is 5. The van der Waals surface area contributed by atoms with Gasteiger partial charge in [0.25, 0.3) is 0 Å². The SMILES string of the molecule is CCc1ccc(NC(=O)C2(C)CCN(S(=O)(=O)c3ccccc3C)CC2)cc1. The fraction of sp³-hybridized carbons (Fsp3) is 0.409. The number of hydrogen-bond acceptors (Lipinski definition) is 3. The van der Waals surface area contributed by atoms with E-state index >= 15 is 0 Å². The highest BCUT2D eigenvalue weighted by molar-refractivity contribution is 7.89. The molecular weight excluding hydrogens is 372 g/mol. The number of carbonyl (C=O) groups excluding carboxylic acids is 1. The first-order valence-electron chi connectivity index (χ1n) is 9.72. The molecule has 2 aromatic carbocycles. The third-order valence-corrected chi connectivity index (χ3v) is 7.76. The van der Waals surface area contributed by atoms with Crippen molar-refractivity contribution < 1.29 is 13.2 Å². The number of aryl methyl sites for hydroxylation is 2. The van der Waals surface area contributed by atoms with Gasteiger partial charge in [-0.2, -0.15) is 4.31 Å². The topological polar surface area (TPSA) is 66.5 Å². The van der Waals surface area contributed by atoms with Gasteiger partial charge in [0.05, 0.1) is 4.90 Å². The van der Waals surface area contributed by atoms with Crippen molar-refractivity contribution in [3.05, 3.63) is 59.7 Å². The van der Waals surface area contributed by atoms with Crippen molar-refractivity contribution in [1.29, 1.82) is 0 Å². The fourth-order valence-electron chi connectivity index (χ4n) is 3.54. The number of benzene rings is 2. The van der Waals surface area contributed by atoms with Crippen LogP contribution in [0.1, 0.15) is 37.8 Å². The molecule has 0 unspecified atom stereocenters. The van der Waals surface area contributed by atoms with Crippen molar-refractivity contribution in [3.63, 3.8) is 0 Å². The molecule has 1 saturated heterocycles. The number of carbonyl (C=O) groups is 1. The van der Waals surface area contributed by atoms with Crippen molar-refractivity contribution in [2.45, 2.75) is 44.9 Å². The van der Waals surface area contributed by atoms with E-state index in [-0.39, 0.29) is 5.91 Å². The highest BCUT2D eigenvalue weighted by Gasteiger charge is 2.40. The standard InChI is InChI=1S/C22H28N2O3S/c1-4-18-9-11-19(12-10-18)23-21(25)22(3)13-15-24(16-14-22)28(26,27)20-8-6-5-7-17(20)2/h5-12H,4,13-16H2,1-3H3,(H,23,25). The van der Waals surface area contributed by atoms with Crippen LogP contribution in [0, 0.1) is 12.3 Å². The second-order valence-corrected chi connectivity index (χ2v) is 9.64. The largest absolute Gasteiger partial charge is 0.326 e. The zero-order valence-electron chi connectivity index (χ0n) is 16.7. The highest BCUT2D eigenvalue weighted by Crippen LogP contribution is 2.35. The summed E-state index contributed by atoms with van der Waals surface area (Å²) in [6.45, 7) is 6.50. The van der Waals surface area contributed by atoms with E-state index in [4.69, 9.17) is 0 Å². The number of anilines is 1. The number of hydrogen-bond donors (Lipinski definition) is 1. The lowest BCUT2D eigenvalue weighted by molar-refractivity contribution is -0.126. The van der Waals surface area contributed by atoms with Gasteiger partial charge in [0.1, 0.15) is 0 Å². The highest BCUT2D eigenvalue weighted by atomic mass is 32.2. The van der Waals surface area contributed by atoms with E-state index in [9.17, 15) is 13.2 Å². The average molecular weight is 401 g/mol. The molecule has 0 aliphatic carbocycles. The van der Waals surface area contributed by atoms with Gasteiger partial charge in [-0.15, -0.1) is 0 Å². The van der Waals surface area contributed by atoms with Gasteiger partial charge < -0.3 is 5.32 Å². The predicted molar refractivity (Wildman–Crippen MR) is 112 cm³/mol. The molecule has 3 rings (SSSR count). The molecule has 0 saturated carbocycles. The van der Waals surface area contributed by atoms with Crippen LogP contribution in [0.5, 0.6) is 0 Å². The van der Waals surface area contributed by atoms with Gasteiger partial charge in [0.15, 0.2) is 0 Å². The van der Waals surface area contributed by atoms with E-state index in [1.807, 2.05) is 37.3 Å². The van der Waals surface area contributed by atoms with Crippen LogP contribution in [0.25, 0.3) is 0 Å². The molecule has 1 N–H and O–H groups in total. The number of amides is 1. The lowest BCUT2D eigenvalue weighted by atomic mass is 9.80. The Bertz CT molecular complexity index is 944. The molecule has 0 atom stereocenters. The minimum atomic E-state index is -3.53. The summed E-state index contributed by atoms with van der Waals surface area (Å²) in [6.07, 6.45) is 1.95.